The van der Waals surface area contributed by atoms with Gasteiger partial charge >= 0.3 is 0 Å². The van der Waals surface area contributed by atoms with Gasteiger partial charge in [-0.05, 0) is 32.7 Å². The summed E-state index contributed by atoms with van der Waals surface area (Å²) in [4.78, 5) is 7.09. The van der Waals surface area contributed by atoms with Crippen LogP contribution in [-0.4, -0.2) is 37.3 Å². The van der Waals surface area contributed by atoms with Gasteiger partial charge in [0.05, 0.1) is 11.3 Å². The fourth-order valence-electron chi connectivity index (χ4n) is 2.45. The molecule has 4 nitrogen and oxygen atoms in total. The van der Waals surface area contributed by atoms with E-state index in [0.29, 0.717) is 0 Å². The van der Waals surface area contributed by atoms with Crippen LogP contribution in [0.5, 0.6) is 0 Å². The van der Waals surface area contributed by atoms with Crippen LogP contribution in [0, 0.1) is 0 Å². The predicted octanol–water partition coefficient (Wildman–Crippen LogP) is 2.65. The molecular formula is C14H25N3OS. The molecule has 0 bridgehead atoms. The lowest BCUT2D eigenvalue weighted by Crippen LogP contribution is -2.47. The number of nitrogens with zero attached hydrogens (tertiary/aromatic N) is 2. The first kappa shape index (κ1) is 14.8. The predicted molar refractivity (Wildman–Crippen MR) is 81.0 cm³/mol. The van der Waals surface area contributed by atoms with E-state index in [4.69, 9.17) is 9.72 Å². The number of anilines is 1. The number of aromatic nitrogens is 1. The van der Waals surface area contributed by atoms with Gasteiger partial charge in [-0.15, -0.1) is 11.3 Å². The Labute approximate surface area is 120 Å². The van der Waals surface area contributed by atoms with E-state index in [1.54, 1.807) is 11.3 Å². The lowest BCUT2D eigenvalue weighted by Gasteiger charge is -2.39. The Hall–Kier alpha value is -0.650. The molecule has 0 radical (unpaired) electrons. The molecule has 1 atom stereocenters. The molecule has 0 saturated carbocycles. The Morgan fingerprint density at radius 1 is 1.58 bits per heavy atom. The molecule has 0 aromatic carbocycles. The molecule has 2 heterocycles. The van der Waals surface area contributed by atoms with Gasteiger partial charge in [0.1, 0.15) is 0 Å². The largest absolute Gasteiger partial charge is 0.377 e. The Morgan fingerprint density at radius 2 is 2.42 bits per heavy atom. The zero-order valence-electron chi connectivity index (χ0n) is 12.2. The van der Waals surface area contributed by atoms with Crippen LogP contribution in [0.15, 0.2) is 5.38 Å². The van der Waals surface area contributed by atoms with Crippen LogP contribution in [-0.2, 0) is 11.3 Å². The van der Waals surface area contributed by atoms with E-state index in [-0.39, 0.29) is 5.60 Å². The van der Waals surface area contributed by atoms with E-state index in [9.17, 15) is 0 Å². The van der Waals surface area contributed by atoms with Gasteiger partial charge in [-0.1, -0.05) is 6.92 Å². The maximum atomic E-state index is 5.64. The fourth-order valence-corrected chi connectivity index (χ4v) is 3.30. The van der Waals surface area contributed by atoms with Crippen LogP contribution in [0.2, 0.25) is 0 Å². The lowest BCUT2D eigenvalue weighted by atomic mass is 9.95. The van der Waals surface area contributed by atoms with Crippen LogP contribution >= 0.6 is 11.3 Å². The highest BCUT2D eigenvalue weighted by molar-refractivity contribution is 7.13. The number of ether oxygens (including phenoxy) is 1. The Morgan fingerprint density at radius 3 is 3.16 bits per heavy atom. The summed E-state index contributed by atoms with van der Waals surface area (Å²) in [7, 11) is 1.81. The summed E-state index contributed by atoms with van der Waals surface area (Å²) in [5.41, 5.74) is 1.13. The van der Waals surface area contributed by atoms with Crippen LogP contribution < -0.4 is 10.2 Å². The molecule has 5 heteroatoms. The quantitative estimate of drug-likeness (QED) is 0.815. The topological polar surface area (TPSA) is 37.4 Å². The number of nitrogens with one attached hydrogen (secondary N) is 1. The zero-order valence-corrected chi connectivity index (χ0v) is 13.1. The van der Waals surface area contributed by atoms with Crippen molar-refractivity contribution >= 4 is 16.5 Å². The zero-order chi connectivity index (χ0) is 13.7. The molecule has 0 amide bonds. The van der Waals surface area contributed by atoms with Crippen LogP contribution in [0.25, 0.3) is 0 Å². The molecule has 0 spiro atoms. The molecule has 1 N–H and O–H groups in total. The van der Waals surface area contributed by atoms with Crippen molar-refractivity contribution in [1.29, 1.82) is 0 Å². The summed E-state index contributed by atoms with van der Waals surface area (Å²) in [6, 6.07) is 0. The van der Waals surface area contributed by atoms with Crippen LogP contribution in [0.1, 0.15) is 38.8 Å². The molecule has 1 aliphatic heterocycles. The third-order valence-electron chi connectivity index (χ3n) is 3.69. The summed E-state index contributed by atoms with van der Waals surface area (Å²) >= 11 is 1.74. The van der Waals surface area contributed by atoms with Crippen molar-refractivity contribution in [2.24, 2.45) is 0 Å². The molecule has 19 heavy (non-hydrogen) atoms. The lowest BCUT2D eigenvalue weighted by molar-refractivity contribution is -0.00466. The maximum absolute atomic E-state index is 5.64. The number of methoxy groups -OCH3 is 1. The van der Waals surface area contributed by atoms with Gasteiger partial charge in [0.2, 0.25) is 0 Å². The molecule has 2 rings (SSSR count). The monoisotopic (exact) mass is 283 g/mol. The van der Waals surface area contributed by atoms with E-state index in [1.807, 2.05) is 7.11 Å². The minimum atomic E-state index is -0.0233. The van der Waals surface area contributed by atoms with E-state index in [2.05, 4.69) is 29.4 Å². The maximum Gasteiger partial charge on any atom is 0.185 e. The third-order valence-corrected chi connectivity index (χ3v) is 4.65. The summed E-state index contributed by atoms with van der Waals surface area (Å²) in [6.07, 6.45) is 3.47. The second kappa shape index (κ2) is 6.68. The fraction of sp³-hybridized carbons (Fsp3) is 0.786. The summed E-state index contributed by atoms with van der Waals surface area (Å²) in [5.74, 6) is 0. The molecule has 1 saturated heterocycles. The number of thiazole rings is 1. The first-order valence-corrected chi connectivity index (χ1v) is 8.00. The van der Waals surface area contributed by atoms with E-state index < -0.39 is 0 Å². The SMILES string of the molecule is CCCNCc1csc(N2CCCC(C)(OC)C2)n1. The normalized spacial score (nSPS) is 23.8. The summed E-state index contributed by atoms with van der Waals surface area (Å²) < 4.78 is 5.64. The van der Waals surface area contributed by atoms with Gasteiger partial charge in [-0.25, -0.2) is 4.98 Å². The van der Waals surface area contributed by atoms with Crippen molar-refractivity contribution in [2.45, 2.75) is 45.3 Å². The molecule has 1 aromatic heterocycles. The molecular weight excluding hydrogens is 258 g/mol. The standard InChI is InChI=1S/C14H25N3OS/c1-4-7-15-9-12-10-19-13(16-12)17-8-5-6-14(2,11-17)18-3/h10,15H,4-9,11H2,1-3H3. The second-order valence-corrected chi connectivity index (χ2v) is 6.31. The van der Waals surface area contributed by atoms with Gasteiger partial charge in [-0.2, -0.15) is 0 Å². The first-order valence-electron chi connectivity index (χ1n) is 7.12. The van der Waals surface area contributed by atoms with Crippen molar-refractivity contribution in [3.63, 3.8) is 0 Å². The van der Waals surface area contributed by atoms with Gasteiger partial charge in [0, 0.05) is 32.1 Å². The Kier molecular flexibility index (Phi) is 5.19. The van der Waals surface area contributed by atoms with Gasteiger partial charge in [0.15, 0.2) is 5.13 Å². The van der Waals surface area contributed by atoms with Crippen molar-refractivity contribution in [3.8, 4) is 0 Å². The first-order chi connectivity index (χ1) is 9.17. The number of hydrogen-bond donors (Lipinski definition) is 1. The van der Waals surface area contributed by atoms with E-state index in [1.165, 1.54) is 6.42 Å². The number of piperidine rings is 1. The van der Waals surface area contributed by atoms with Crippen LogP contribution in [0.3, 0.4) is 0 Å². The van der Waals surface area contributed by atoms with Crippen molar-refractivity contribution in [1.82, 2.24) is 10.3 Å². The van der Waals surface area contributed by atoms with Gasteiger partial charge < -0.3 is 15.0 Å². The molecule has 108 valence electrons. The highest BCUT2D eigenvalue weighted by atomic mass is 32.1. The average Bonchev–Trinajstić information content (AvgIpc) is 2.88. The number of hydrogen-bond acceptors (Lipinski definition) is 5. The van der Waals surface area contributed by atoms with Crippen molar-refractivity contribution < 1.29 is 4.74 Å². The smallest absolute Gasteiger partial charge is 0.185 e. The highest BCUT2D eigenvalue weighted by Crippen LogP contribution is 2.29. The van der Waals surface area contributed by atoms with Crippen LogP contribution in [0.4, 0.5) is 5.13 Å². The molecule has 1 unspecified atom stereocenters. The highest BCUT2D eigenvalue weighted by Gasteiger charge is 2.31. The minimum Gasteiger partial charge on any atom is -0.377 e. The van der Waals surface area contributed by atoms with Crippen molar-refractivity contribution in [2.75, 3.05) is 31.6 Å². The molecule has 1 aliphatic rings. The average molecular weight is 283 g/mol. The third kappa shape index (κ3) is 3.91. The molecule has 0 aliphatic carbocycles. The Balaban J connectivity index is 1.94. The molecule has 1 fully saturated rings. The summed E-state index contributed by atoms with van der Waals surface area (Å²) in [5, 5.41) is 6.69. The van der Waals surface area contributed by atoms with E-state index >= 15 is 0 Å². The van der Waals surface area contributed by atoms with Gasteiger partial charge in [0.25, 0.3) is 0 Å². The van der Waals surface area contributed by atoms with Gasteiger partial charge in [-0.3, -0.25) is 0 Å². The Bertz CT molecular complexity index is 396. The minimum absolute atomic E-state index is 0.0233. The molecule has 1 aromatic rings. The van der Waals surface area contributed by atoms with Crippen molar-refractivity contribution in [3.05, 3.63) is 11.1 Å². The van der Waals surface area contributed by atoms with E-state index in [0.717, 1.165) is 49.8 Å². The number of rotatable bonds is 6. The summed E-state index contributed by atoms with van der Waals surface area (Å²) in [6.45, 7) is 8.33. The second-order valence-electron chi connectivity index (χ2n) is 5.48.